The van der Waals surface area contributed by atoms with Crippen molar-refractivity contribution < 1.29 is 4.74 Å². The maximum atomic E-state index is 5.76. The van der Waals surface area contributed by atoms with Gasteiger partial charge in [-0.1, -0.05) is 6.92 Å². The fourth-order valence-corrected chi connectivity index (χ4v) is 2.67. The maximum absolute atomic E-state index is 5.76. The lowest BCUT2D eigenvalue weighted by atomic mass is 10.1. The Morgan fingerprint density at radius 3 is 2.31 bits per heavy atom. The van der Waals surface area contributed by atoms with Gasteiger partial charge >= 0.3 is 0 Å². The fourth-order valence-electron chi connectivity index (χ4n) is 2.67. The van der Waals surface area contributed by atoms with Crippen LogP contribution in [-0.4, -0.2) is 48.8 Å². The molecule has 16 heavy (non-hydrogen) atoms. The van der Waals surface area contributed by atoms with Gasteiger partial charge < -0.3 is 10.1 Å². The highest BCUT2D eigenvalue weighted by molar-refractivity contribution is 4.79. The van der Waals surface area contributed by atoms with Gasteiger partial charge in [-0.3, -0.25) is 4.90 Å². The number of ether oxygens (including phenoxy) is 1. The second-order valence-electron chi connectivity index (χ2n) is 5.25. The molecule has 0 radical (unpaired) electrons. The number of hydrogen-bond donors (Lipinski definition) is 1. The fraction of sp³-hybridized carbons (Fsp3) is 1.00. The number of hydrogen-bond acceptors (Lipinski definition) is 3. The summed E-state index contributed by atoms with van der Waals surface area (Å²) in [5.74, 6) is 0. The molecule has 0 bridgehead atoms. The molecule has 1 aliphatic rings. The van der Waals surface area contributed by atoms with Crippen molar-refractivity contribution in [3.63, 3.8) is 0 Å². The summed E-state index contributed by atoms with van der Waals surface area (Å²) in [5.41, 5.74) is 0. The minimum atomic E-state index is 0.376. The van der Waals surface area contributed by atoms with Crippen molar-refractivity contribution in [2.45, 2.75) is 65.3 Å². The molecule has 0 aromatic carbocycles. The molecule has 1 saturated heterocycles. The lowest BCUT2D eigenvalue weighted by molar-refractivity contribution is -0.0798. The molecule has 3 heteroatoms. The van der Waals surface area contributed by atoms with E-state index in [1.807, 2.05) is 0 Å². The van der Waals surface area contributed by atoms with Crippen LogP contribution in [0.5, 0.6) is 0 Å². The zero-order valence-electron chi connectivity index (χ0n) is 11.5. The number of morpholine rings is 1. The van der Waals surface area contributed by atoms with Crippen molar-refractivity contribution in [1.82, 2.24) is 10.2 Å². The molecule has 0 saturated carbocycles. The van der Waals surface area contributed by atoms with E-state index in [0.717, 1.165) is 19.6 Å². The van der Waals surface area contributed by atoms with Gasteiger partial charge in [0.2, 0.25) is 0 Å². The first-order valence-electron chi connectivity index (χ1n) is 6.65. The van der Waals surface area contributed by atoms with Gasteiger partial charge in [0.25, 0.3) is 0 Å². The van der Waals surface area contributed by atoms with E-state index >= 15 is 0 Å². The monoisotopic (exact) mass is 228 g/mol. The van der Waals surface area contributed by atoms with E-state index in [1.165, 1.54) is 6.42 Å². The molecule has 1 heterocycles. The molecule has 0 aromatic heterocycles. The molecular formula is C13H28N2O. The van der Waals surface area contributed by atoms with Crippen molar-refractivity contribution in [3.8, 4) is 0 Å². The summed E-state index contributed by atoms with van der Waals surface area (Å²) in [5, 5.41) is 3.48. The summed E-state index contributed by atoms with van der Waals surface area (Å²) in [6, 6.07) is 1.25. The summed E-state index contributed by atoms with van der Waals surface area (Å²) in [7, 11) is 0. The highest BCUT2D eigenvalue weighted by Crippen LogP contribution is 2.16. The molecule has 0 aliphatic carbocycles. The Hall–Kier alpha value is -0.120. The Morgan fingerprint density at radius 1 is 1.25 bits per heavy atom. The summed E-state index contributed by atoms with van der Waals surface area (Å²) >= 11 is 0. The largest absolute Gasteiger partial charge is 0.373 e. The maximum Gasteiger partial charge on any atom is 0.0678 e. The Bertz CT molecular complexity index is 188. The number of rotatable bonds is 5. The average molecular weight is 228 g/mol. The van der Waals surface area contributed by atoms with Gasteiger partial charge in [-0.15, -0.1) is 0 Å². The smallest absolute Gasteiger partial charge is 0.0678 e. The number of nitrogens with one attached hydrogen (secondary N) is 1. The zero-order chi connectivity index (χ0) is 12.1. The molecule has 1 rings (SSSR count). The van der Waals surface area contributed by atoms with Crippen LogP contribution in [0.15, 0.2) is 0 Å². The Kier molecular flexibility index (Phi) is 5.73. The zero-order valence-corrected chi connectivity index (χ0v) is 11.5. The predicted molar refractivity (Wildman–Crippen MR) is 68.8 cm³/mol. The van der Waals surface area contributed by atoms with Crippen molar-refractivity contribution in [1.29, 1.82) is 0 Å². The molecule has 4 atom stereocenters. The summed E-state index contributed by atoms with van der Waals surface area (Å²) in [4.78, 5) is 2.56. The van der Waals surface area contributed by atoms with Crippen LogP contribution in [0.3, 0.4) is 0 Å². The van der Waals surface area contributed by atoms with Crippen LogP contribution in [0.1, 0.15) is 41.0 Å². The summed E-state index contributed by atoms with van der Waals surface area (Å²) < 4.78 is 5.76. The molecule has 96 valence electrons. The van der Waals surface area contributed by atoms with Crippen molar-refractivity contribution in [2.24, 2.45) is 0 Å². The van der Waals surface area contributed by atoms with Crippen LogP contribution in [-0.2, 0) is 4.74 Å². The van der Waals surface area contributed by atoms with Gasteiger partial charge in [0, 0.05) is 25.2 Å². The average Bonchev–Trinajstić information content (AvgIpc) is 2.16. The molecule has 2 unspecified atom stereocenters. The van der Waals surface area contributed by atoms with Crippen LogP contribution in [0.2, 0.25) is 0 Å². The second kappa shape index (κ2) is 6.58. The van der Waals surface area contributed by atoms with Crippen LogP contribution in [0.4, 0.5) is 0 Å². The highest BCUT2D eigenvalue weighted by Gasteiger charge is 2.26. The van der Waals surface area contributed by atoms with Gasteiger partial charge in [0.1, 0.15) is 0 Å². The van der Waals surface area contributed by atoms with E-state index in [1.54, 1.807) is 0 Å². The normalized spacial score (nSPS) is 31.3. The van der Waals surface area contributed by atoms with Crippen molar-refractivity contribution in [2.75, 3.05) is 19.6 Å². The second-order valence-corrected chi connectivity index (χ2v) is 5.25. The Balaban J connectivity index is 2.37. The quantitative estimate of drug-likeness (QED) is 0.777. The lowest BCUT2D eigenvalue weighted by Gasteiger charge is -2.39. The molecule has 3 nitrogen and oxygen atoms in total. The standard InChI is InChI=1S/C13H28N2O/c1-6-14-10(2)7-11(3)15-8-12(4)16-13(5)9-15/h10-14H,6-9H2,1-5H3/t10?,11?,12-,13+. The van der Waals surface area contributed by atoms with Gasteiger partial charge in [-0.05, 0) is 40.7 Å². The molecule has 0 aromatic rings. The third-order valence-corrected chi connectivity index (χ3v) is 3.32. The van der Waals surface area contributed by atoms with E-state index in [4.69, 9.17) is 4.74 Å². The minimum Gasteiger partial charge on any atom is -0.373 e. The van der Waals surface area contributed by atoms with Crippen LogP contribution < -0.4 is 5.32 Å². The topological polar surface area (TPSA) is 24.5 Å². The Labute approximate surface area is 101 Å². The van der Waals surface area contributed by atoms with Gasteiger partial charge in [0.05, 0.1) is 12.2 Å². The van der Waals surface area contributed by atoms with Gasteiger partial charge in [-0.2, -0.15) is 0 Å². The summed E-state index contributed by atoms with van der Waals surface area (Å²) in [6.45, 7) is 14.3. The third-order valence-electron chi connectivity index (χ3n) is 3.32. The van der Waals surface area contributed by atoms with Gasteiger partial charge in [0.15, 0.2) is 0 Å². The minimum absolute atomic E-state index is 0.376. The first-order valence-corrected chi connectivity index (χ1v) is 6.65. The third kappa shape index (κ3) is 4.40. The van der Waals surface area contributed by atoms with Crippen molar-refractivity contribution >= 4 is 0 Å². The Morgan fingerprint density at radius 2 is 1.81 bits per heavy atom. The van der Waals surface area contributed by atoms with E-state index in [2.05, 4.69) is 44.8 Å². The molecule has 1 aliphatic heterocycles. The number of nitrogens with zero attached hydrogens (tertiary/aromatic N) is 1. The SMILES string of the molecule is CCNC(C)CC(C)N1C[C@@H](C)O[C@@H](C)C1. The predicted octanol–water partition coefficient (Wildman–Crippen LogP) is 1.87. The molecule has 0 spiro atoms. The molecule has 0 amide bonds. The van der Waals surface area contributed by atoms with Crippen LogP contribution >= 0.6 is 0 Å². The lowest BCUT2D eigenvalue weighted by Crippen LogP contribution is -2.50. The molecule has 1 N–H and O–H groups in total. The van der Waals surface area contributed by atoms with Crippen LogP contribution in [0.25, 0.3) is 0 Å². The van der Waals surface area contributed by atoms with E-state index < -0.39 is 0 Å². The highest BCUT2D eigenvalue weighted by atomic mass is 16.5. The summed E-state index contributed by atoms with van der Waals surface area (Å²) in [6.07, 6.45) is 1.97. The van der Waals surface area contributed by atoms with E-state index in [0.29, 0.717) is 24.3 Å². The first kappa shape index (κ1) is 13.9. The van der Waals surface area contributed by atoms with Crippen molar-refractivity contribution in [3.05, 3.63) is 0 Å². The first-order chi connectivity index (χ1) is 7.52. The van der Waals surface area contributed by atoms with E-state index in [9.17, 15) is 0 Å². The van der Waals surface area contributed by atoms with Gasteiger partial charge in [-0.25, -0.2) is 0 Å². The van der Waals surface area contributed by atoms with E-state index in [-0.39, 0.29) is 0 Å². The van der Waals surface area contributed by atoms with Crippen LogP contribution in [0, 0.1) is 0 Å². The molecule has 1 fully saturated rings. The molecular weight excluding hydrogens is 200 g/mol.